The maximum atomic E-state index is 13.1. The Kier molecular flexibility index (Phi) is 9.28. The Hall–Kier alpha value is -3.52. The van der Waals surface area contributed by atoms with Crippen LogP contribution in [0.2, 0.25) is 0 Å². The van der Waals surface area contributed by atoms with Gasteiger partial charge in [-0.2, -0.15) is 0 Å². The molecule has 1 amide bonds. The van der Waals surface area contributed by atoms with E-state index in [-0.39, 0.29) is 11.9 Å². The number of hydrogen-bond donors (Lipinski definition) is 0. The first-order valence-electron chi connectivity index (χ1n) is 16.0. The van der Waals surface area contributed by atoms with Gasteiger partial charge in [-0.1, -0.05) is 32.1 Å². The molecule has 3 aliphatic heterocycles. The number of aliphatic imine (C=N–C) groups is 1. The molecule has 0 spiro atoms. The van der Waals surface area contributed by atoms with Gasteiger partial charge in [0.1, 0.15) is 5.75 Å². The summed E-state index contributed by atoms with van der Waals surface area (Å²) in [6, 6.07) is 10.3. The molecule has 2 aromatic carbocycles. The predicted molar refractivity (Wildman–Crippen MR) is 169 cm³/mol. The molecule has 2 fully saturated rings. The van der Waals surface area contributed by atoms with Crippen LogP contribution >= 0.6 is 0 Å². The van der Waals surface area contributed by atoms with Crippen molar-refractivity contribution in [3.63, 3.8) is 0 Å². The molecule has 4 heterocycles. The number of hydrogen-bond acceptors (Lipinski definition) is 7. The number of nitrogens with zero attached hydrogens (tertiary/aromatic N) is 6. The van der Waals surface area contributed by atoms with Crippen LogP contribution in [0.4, 0.5) is 11.6 Å². The molecule has 0 radical (unpaired) electrons. The lowest BCUT2D eigenvalue weighted by atomic mass is 10.0. The van der Waals surface area contributed by atoms with Gasteiger partial charge in [0.2, 0.25) is 5.95 Å². The first-order chi connectivity index (χ1) is 20.7. The van der Waals surface area contributed by atoms with E-state index >= 15 is 0 Å². The number of carbonyl (C=O) groups is 1. The number of unbranched alkanes of at least 4 members (excludes halogenated alkanes) is 6. The number of piperazine rings is 1. The topological polar surface area (TPSA) is 74.2 Å². The summed E-state index contributed by atoms with van der Waals surface area (Å²) < 4.78 is 6.21. The van der Waals surface area contributed by atoms with E-state index in [4.69, 9.17) is 9.73 Å². The fourth-order valence-electron chi connectivity index (χ4n) is 6.51. The van der Waals surface area contributed by atoms with Gasteiger partial charge in [-0.25, -0.2) is 9.97 Å². The Bertz CT molecular complexity index is 1390. The molecular weight excluding hydrogens is 524 g/mol. The van der Waals surface area contributed by atoms with Crippen molar-refractivity contribution in [3.05, 3.63) is 53.9 Å². The molecule has 8 nitrogen and oxygen atoms in total. The zero-order valence-corrected chi connectivity index (χ0v) is 25.0. The number of carbonyl (C=O) groups excluding carboxylic acids is 1. The molecule has 1 aromatic heterocycles. The van der Waals surface area contributed by atoms with Crippen LogP contribution in [0, 0.1) is 6.92 Å². The van der Waals surface area contributed by atoms with Crippen LogP contribution in [0.5, 0.6) is 5.75 Å². The maximum Gasteiger partial charge on any atom is 0.256 e. The van der Waals surface area contributed by atoms with Gasteiger partial charge in [0, 0.05) is 51.3 Å². The first kappa shape index (κ1) is 28.6. The van der Waals surface area contributed by atoms with Crippen molar-refractivity contribution in [2.24, 2.45) is 4.99 Å². The Labute approximate surface area is 249 Å². The van der Waals surface area contributed by atoms with Gasteiger partial charge < -0.3 is 14.5 Å². The number of anilines is 1. The van der Waals surface area contributed by atoms with Gasteiger partial charge >= 0.3 is 0 Å². The van der Waals surface area contributed by atoms with E-state index in [1.54, 1.807) is 0 Å². The van der Waals surface area contributed by atoms with Gasteiger partial charge in [0.15, 0.2) is 0 Å². The van der Waals surface area contributed by atoms with Crippen LogP contribution in [-0.2, 0) is 0 Å². The zero-order valence-electron chi connectivity index (χ0n) is 25.0. The second-order valence-electron chi connectivity index (χ2n) is 12.0. The van der Waals surface area contributed by atoms with Gasteiger partial charge in [-0.3, -0.25) is 14.7 Å². The summed E-state index contributed by atoms with van der Waals surface area (Å²) in [5.41, 5.74) is 2.60. The smallest absolute Gasteiger partial charge is 0.256 e. The van der Waals surface area contributed by atoms with Gasteiger partial charge in [-0.05, 0) is 85.8 Å². The minimum atomic E-state index is 0.110. The van der Waals surface area contributed by atoms with E-state index in [0.29, 0.717) is 5.56 Å². The molecule has 2 saturated heterocycles. The fourth-order valence-corrected chi connectivity index (χ4v) is 6.51. The average molecular weight is 569 g/mol. The summed E-state index contributed by atoms with van der Waals surface area (Å²) in [7, 11) is 0. The highest BCUT2D eigenvalue weighted by atomic mass is 16.5. The lowest BCUT2D eigenvalue weighted by molar-refractivity contribution is 0.0775. The van der Waals surface area contributed by atoms with Crippen molar-refractivity contribution < 1.29 is 9.53 Å². The van der Waals surface area contributed by atoms with Crippen LogP contribution in [0.3, 0.4) is 0 Å². The first-order valence-corrected chi connectivity index (χ1v) is 16.0. The third kappa shape index (κ3) is 6.75. The van der Waals surface area contributed by atoms with E-state index < -0.39 is 0 Å². The molecule has 0 N–H and O–H groups in total. The molecule has 0 aliphatic carbocycles. The molecule has 8 heteroatoms. The monoisotopic (exact) mass is 568 g/mol. The number of fused-ring (bicyclic) bond motifs is 3. The fraction of sp³-hybridized carbons (Fsp3) is 0.529. The molecule has 0 unspecified atom stereocenters. The van der Waals surface area contributed by atoms with Crippen molar-refractivity contribution in [2.75, 3.05) is 50.8 Å². The summed E-state index contributed by atoms with van der Waals surface area (Å²) >= 11 is 0. The van der Waals surface area contributed by atoms with Crippen LogP contribution in [-0.4, -0.2) is 83.8 Å². The van der Waals surface area contributed by atoms with Crippen molar-refractivity contribution >= 4 is 34.5 Å². The average Bonchev–Trinajstić information content (AvgIpc) is 3.45. The predicted octanol–water partition coefficient (Wildman–Crippen LogP) is 6.19. The molecular formula is C34H44N6O2. The summed E-state index contributed by atoms with van der Waals surface area (Å²) in [5.74, 6) is 1.90. The number of aryl methyl sites for hydroxylation is 1. The standard InChI is InChI=1S/C34H44N6O2/c1-26-21-27-22-30-31(37-25-29-11-9-15-40(29)33(30)41)23-28(27)24-32(26)42-20-8-6-4-2-3-5-7-14-38-16-18-39(19-17-38)34-35-12-10-13-36-34/h10,12-13,21-25,29H,2-9,11,14-20H2,1H3/t29-/m0/s1. The van der Waals surface area contributed by atoms with Crippen molar-refractivity contribution in [3.8, 4) is 5.75 Å². The minimum Gasteiger partial charge on any atom is -0.493 e. The van der Waals surface area contributed by atoms with Crippen molar-refractivity contribution in [1.29, 1.82) is 0 Å². The summed E-state index contributed by atoms with van der Waals surface area (Å²) in [5, 5.41) is 2.15. The largest absolute Gasteiger partial charge is 0.493 e. The van der Waals surface area contributed by atoms with E-state index in [9.17, 15) is 4.79 Å². The molecule has 1 atom stereocenters. The van der Waals surface area contributed by atoms with E-state index in [1.807, 2.05) is 41.7 Å². The van der Waals surface area contributed by atoms with Gasteiger partial charge in [-0.15, -0.1) is 0 Å². The van der Waals surface area contributed by atoms with Gasteiger partial charge in [0.25, 0.3) is 5.91 Å². The second kappa shape index (κ2) is 13.6. The Morgan fingerprint density at radius 3 is 2.40 bits per heavy atom. The number of benzene rings is 2. The minimum absolute atomic E-state index is 0.110. The molecule has 222 valence electrons. The number of aromatic nitrogens is 2. The third-order valence-corrected chi connectivity index (χ3v) is 9.01. The zero-order chi connectivity index (χ0) is 28.7. The highest BCUT2D eigenvalue weighted by molar-refractivity contribution is 6.06. The third-order valence-electron chi connectivity index (χ3n) is 9.01. The Morgan fingerprint density at radius 1 is 0.857 bits per heavy atom. The molecule has 3 aromatic rings. The summed E-state index contributed by atoms with van der Waals surface area (Å²) in [6.45, 7) is 9.09. The normalized spacial score (nSPS) is 18.8. The van der Waals surface area contributed by atoms with E-state index in [1.165, 1.54) is 45.1 Å². The molecule has 3 aliphatic rings. The molecule has 0 bridgehead atoms. The summed E-state index contributed by atoms with van der Waals surface area (Å²) in [4.78, 5) is 33.4. The van der Waals surface area contributed by atoms with Gasteiger partial charge in [0.05, 0.1) is 23.9 Å². The number of amides is 1. The lowest BCUT2D eigenvalue weighted by Crippen LogP contribution is -2.47. The van der Waals surface area contributed by atoms with E-state index in [0.717, 1.165) is 92.3 Å². The number of ether oxygens (including phenoxy) is 1. The Morgan fingerprint density at radius 2 is 1.60 bits per heavy atom. The van der Waals surface area contributed by atoms with Crippen LogP contribution in [0.25, 0.3) is 10.8 Å². The molecule has 0 saturated carbocycles. The number of rotatable bonds is 12. The summed E-state index contributed by atoms with van der Waals surface area (Å²) in [6.07, 6.45) is 16.4. The lowest BCUT2D eigenvalue weighted by Gasteiger charge is -2.34. The van der Waals surface area contributed by atoms with E-state index in [2.05, 4.69) is 38.8 Å². The highest BCUT2D eigenvalue weighted by Crippen LogP contribution is 2.35. The van der Waals surface area contributed by atoms with Crippen LogP contribution in [0.15, 0.2) is 47.7 Å². The SMILES string of the molecule is Cc1cc2cc3c(cc2cc1OCCCCCCCCCN1CCN(c2ncccn2)CC1)N=C[C@@H]1CCCN1C3=O. The Balaban J connectivity index is 0.870. The van der Waals surface area contributed by atoms with Crippen molar-refractivity contribution in [1.82, 2.24) is 19.8 Å². The molecule has 42 heavy (non-hydrogen) atoms. The van der Waals surface area contributed by atoms with Crippen LogP contribution in [0.1, 0.15) is 73.7 Å². The second-order valence-corrected chi connectivity index (χ2v) is 12.0. The molecule has 6 rings (SSSR count). The maximum absolute atomic E-state index is 13.1. The highest BCUT2D eigenvalue weighted by Gasteiger charge is 2.31. The van der Waals surface area contributed by atoms with Crippen LogP contribution < -0.4 is 9.64 Å². The van der Waals surface area contributed by atoms with Crippen molar-refractivity contribution in [2.45, 2.75) is 70.8 Å². The quantitative estimate of drug-likeness (QED) is 0.243.